The molecule has 0 spiro atoms. The molecule has 1 heterocycles. The van der Waals surface area contributed by atoms with Crippen molar-refractivity contribution in [3.8, 4) is 0 Å². The lowest BCUT2D eigenvalue weighted by Gasteiger charge is -2.19. The molecule has 132 valence electrons. The van der Waals surface area contributed by atoms with E-state index in [1.165, 1.54) is 24.3 Å². The lowest BCUT2D eigenvalue weighted by molar-refractivity contribution is -0.150. The van der Waals surface area contributed by atoms with Crippen LogP contribution in [0.2, 0.25) is 10.0 Å². The molecule has 25 heavy (non-hydrogen) atoms. The van der Waals surface area contributed by atoms with Gasteiger partial charge >= 0.3 is 5.97 Å². The Kier molecular flexibility index (Phi) is 7.05. The minimum Gasteiger partial charge on any atom is -0.449 e. The van der Waals surface area contributed by atoms with Gasteiger partial charge in [0.05, 0.1) is 6.04 Å². The number of hydrogen-bond acceptors (Lipinski definition) is 4. The predicted octanol–water partition coefficient (Wildman–Crippen LogP) is 4.88. The van der Waals surface area contributed by atoms with Crippen molar-refractivity contribution in [1.82, 2.24) is 5.32 Å². The Bertz CT molecular complexity index is 775. The van der Waals surface area contributed by atoms with Crippen molar-refractivity contribution in [2.45, 2.75) is 26.0 Å². The Morgan fingerprint density at radius 2 is 2.00 bits per heavy atom. The summed E-state index contributed by atoms with van der Waals surface area (Å²) in [6.45, 7) is 3.31. The Labute approximate surface area is 160 Å². The summed E-state index contributed by atoms with van der Waals surface area (Å²) in [5, 5.41) is 7.55. The zero-order valence-electron chi connectivity index (χ0n) is 13.7. The molecule has 1 aromatic heterocycles. The topological polar surface area (TPSA) is 55.4 Å². The van der Waals surface area contributed by atoms with E-state index in [0.717, 1.165) is 11.1 Å². The van der Waals surface area contributed by atoms with Gasteiger partial charge in [0.1, 0.15) is 0 Å². The van der Waals surface area contributed by atoms with E-state index < -0.39 is 18.0 Å². The van der Waals surface area contributed by atoms with E-state index in [4.69, 9.17) is 27.9 Å². The molecular formula is C18H17Cl2NO3S. The fourth-order valence-electron chi connectivity index (χ4n) is 2.06. The van der Waals surface area contributed by atoms with Gasteiger partial charge in [-0.25, -0.2) is 4.79 Å². The van der Waals surface area contributed by atoms with Crippen LogP contribution in [0.25, 0.3) is 6.08 Å². The van der Waals surface area contributed by atoms with E-state index in [-0.39, 0.29) is 6.04 Å². The van der Waals surface area contributed by atoms with Crippen molar-refractivity contribution >= 4 is 52.5 Å². The number of halogens is 2. The molecule has 0 unspecified atom stereocenters. The lowest BCUT2D eigenvalue weighted by Crippen LogP contribution is -2.37. The van der Waals surface area contributed by atoms with Gasteiger partial charge in [-0.1, -0.05) is 29.3 Å². The van der Waals surface area contributed by atoms with Crippen molar-refractivity contribution in [2.24, 2.45) is 0 Å². The maximum atomic E-state index is 12.2. The number of benzene rings is 1. The summed E-state index contributed by atoms with van der Waals surface area (Å²) in [4.78, 5) is 24.0. The minimum atomic E-state index is -0.923. The normalized spacial score (nSPS) is 13.4. The van der Waals surface area contributed by atoms with E-state index in [1.807, 2.05) is 16.8 Å². The van der Waals surface area contributed by atoms with E-state index in [2.05, 4.69) is 5.32 Å². The summed E-state index contributed by atoms with van der Waals surface area (Å²) in [5.74, 6) is -0.984. The average molecular weight is 398 g/mol. The molecule has 2 rings (SSSR count). The molecule has 0 saturated carbocycles. The summed E-state index contributed by atoms with van der Waals surface area (Å²) in [7, 11) is 0. The van der Waals surface area contributed by atoms with Crippen LogP contribution >= 0.6 is 34.5 Å². The van der Waals surface area contributed by atoms with Gasteiger partial charge in [-0.3, -0.25) is 4.79 Å². The molecule has 1 N–H and O–H groups in total. The van der Waals surface area contributed by atoms with Crippen LogP contribution in [0.4, 0.5) is 0 Å². The molecule has 0 saturated heterocycles. The number of amides is 1. The van der Waals surface area contributed by atoms with E-state index in [1.54, 1.807) is 31.2 Å². The van der Waals surface area contributed by atoms with Crippen LogP contribution in [0, 0.1) is 0 Å². The molecule has 0 aliphatic carbocycles. The fraction of sp³-hybridized carbons (Fsp3) is 0.222. The Morgan fingerprint density at radius 3 is 2.64 bits per heavy atom. The van der Waals surface area contributed by atoms with Crippen molar-refractivity contribution in [1.29, 1.82) is 0 Å². The highest BCUT2D eigenvalue weighted by atomic mass is 35.5. The van der Waals surface area contributed by atoms with Gasteiger partial charge in [0.2, 0.25) is 0 Å². The average Bonchev–Trinajstić information content (AvgIpc) is 3.06. The number of hydrogen-bond donors (Lipinski definition) is 1. The van der Waals surface area contributed by atoms with Crippen molar-refractivity contribution < 1.29 is 14.3 Å². The molecule has 7 heteroatoms. The highest BCUT2D eigenvalue weighted by Gasteiger charge is 2.20. The monoisotopic (exact) mass is 397 g/mol. The van der Waals surface area contributed by atoms with E-state index in [9.17, 15) is 9.59 Å². The zero-order chi connectivity index (χ0) is 18.4. The second kappa shape index (κ2) is 9.04. The van der Waals surface area contributed by atoms with Crippen molar-refractivity contribution in [2.75, 3.05) is 0 Å². The molecule has 0 fully saturated rings. The number of nitrogens with one attached hydrogen (secondary N) is 1. The first-order valence-corrected chi connectivity index (χ1v) is 9.23. The summed E-state index contributed by atoms with van der Waals surface area (Å²) >= 11 is 13.5. The van der Waals surface area contributed by atoms with Crippen LogP contribution in [0.3, 0.4) is 0 Å². The number of rotatable bonds is 6. The fourth-order valence-corrected chi connectivity index (χ4v) is 3.26. The molecule has 0 aliphatic rings. The number of thiophene rings is 1. The van der Waals surface area contributed by atoms with Crippen molar-refractivity contribution in [3.05, 3.63) is 62.3 Å². The molecule has 2 aromatic rings. The standard InChI is InChI=1S/C18H17Cl2NO3S/c1-11(15-5-4-14(19)9-16(15)20)21-18(23)12(2)24-17(22)6-3-13-7-8-25-10-13/h3-12H,1-2H3,(H,21,23)/b6-3+/t11-,12-/m0/s1. The largest absolute Gasteiger partial charge is 0.449 e. The first-order chi connectivity index (χ1) is 11.9. The van der Waals surface area contributed by atoms with Crippen LogP contribution in [0.5, 0.6) is 0 Å². The molecule has 0 bridgehead atoms. The highest BCUT2D eigenvalue weighted by Crippen LogP contribution is 2.26. The molecular weight excluding hydrogens is 381 g/mol. The van der Waals surface area contributed by atoms with Crippen LogP contribution in [0.15, 0.2) is 41.1 Å². The van der Waals surface area contributed by atoms with Gasteiger partial charge in [-0.2, -0.15) is 11.3 Å². The summed E-state index contributed by atoms with van der Waals surface area (Å²) in [6.07, 6.45) is 2.01. The van der Waals surface area contributed by atoms with Gasteiger partial charge in [-0.15, -0.1) is 0 Å². The Balaban J connectivity index is 1.89. The highest BCUT2D eigenvalue weighted by molar-refractivity contribution is 7.08. The smallest absolute Gasteiger partial charge is 0.331 e. The van der Waals surface area contributed by atoms with Gasteiger partial charge < -0.3 is 10.1 Å². The first-order valence-electron chi connectivity index (χ1n) is 7.53. The minimum absolute atomic E-state index is 0.347. The van der Waals surface area contributed by atoms with E-state index in [0.29, 0.717) is 10.0 Å². The number of carbonyl (C=O) groups excluding carboxylic acids is 2. The Morgan fingerprint density at radius 1 is 1.24 bits per heavy atom. The van der Waals surface area contributed by atoms with Crippen LogP contribution < -0.4 is 5.32 Å². The molecule has 1 aromatic carbocycles. The summed E-state index contributed by atoms with van der Waals surface area (Å²) in [5.41, 5.74) is 1.64. The van der Waals surface area contributed by atoms with Gasteiger partial charge in [0.25, 0.3) is 5.91 Å². The SMILES string of the molecule is C[C@H](OC(=O)/C=C/c1ccsc1)C(=O)N[C@@H](C)c1ccc(Cl)cc1Cl. The Hall–Kier alpha value is -1.82. The maximum Gasteiger partial charge on any atom is 0.331 e. The van der Waals surface area contributed by atoms with Crippen LogP contribution in [-0.2, 0) is 14.3 Å². The second-order valence-corrected chi connectivity index (χ2v) is 6.99. The molecule has 1 amide bonds. The molecule has 0 aliphatic heterocycles. The van der Waals surface area contributed by atoms with Gasteiger partial charge in [-0.05, 0) is 60.0 Å². The predicted molar refractivity (Wildman–Crippen MR) is 102 cm³/mol. The van der Waals surface area contributed by atoms with E-state index >= 15 is 0 Å². The zero-order valence-corrected chi connectivity index (χ0v) is 16.0. The third-order valence-electron chi connectivity index (χ3n) is 3.40. The second-order valence-electron chi connectivity index (χ2n) is 5.37. The first kappa shape index (κ1) is 19.5. The quantitative estimate of drug-likeness (QED) is 0.558. The summed E-state index contributed by atoms with van der Waals surface area (Å²) in [6, 6.07) is 6.59. The van der Waals surface area contributed by atoms with Crippen LogP contribution in [0.1, 0.15) is 31.0 Å². The van der Waals surface area contributed by atoms with Gasteiger partial charge in [0.15, 0.2) is 6.10 Å². The van der Waals surface area contributed by atoms with Crippen molar-refractivity contribution in [3.63, 3.8) is 0 Å². The molecule has 2 atom stereocenters. The number of carbonyl (C=O) groups is 2. The van der Waals surface area contributed by atoms with Crippen LogP contribution in [-0.4, -0.2) is 18.0 Å². The third-order valence-corrected chi connectivity index (χ3v) is 4.67. The molecule has 4 nitrogen and oxygen atoms in total. The van der Waals surface area contributed by atoms with Gasteiger partial charge in [0, 0.05) is 16.1 Å². The summed E-state index contributed by atoms with van der Waals surface area (Å²) < 4.78 is 5.11. The molecule has 0 radical (unpaired) electrons. The number of esters is 1. The number of ether oxygens (including phenoxy) is 1. The maximum absolute atomic E-state index is 12.2. The lowest BCUT2D eigenvalue weighted by atomic mass is 10.1. The third kappa shape index (κ3) is 5.88.